The maximum Gasteiger partial charge on any atom is 0.407 e. The van der Waals surface area contributed by atoms with E-state index in [9.17, 15) is 19.5 Å². The second-order valence-corrected chi connectivity index (χ2v) is 9.73. The molecule has 1 saturated carbocycles. The molecule has 5 rings (SSSR count). The fraction of sp³-hybridized carbons (Fsp3) is 0.444. The Morgan fingerprint density at radius 2 is 1.65 bits per heavy atom. The van der Waals surface area contributed by atoms with Gasteiger partial charge in [-0.1, -0.05) is 48.5 Å². The Kier molecular flexibility index (Phi) is 6.02. The molecular weight excluding hydrogens is 432 g/mol. The number of likely N-dealkylation sites (tertiary alicyclic amines) is 1. The predicted molar refractivity (Wildman–Crippen MR) is 126 cm³/mol. The highest BCUT2D eigenvalue weighted by atomic mass is 16.5. The van der Waals surface area contributed by atoms with Crippen LogP contribution in [-0.2, 0) is 14.3 Å². The Hall–Kier alpha value is -3.35. The topological polar surface area (TPSA) is 95.9 Å². The Bertz CT molecular complexity index is 1070. The zero-order valence-electron chi connectivity index (χ0n) is 19.3. The van der Waals surface area contributed by atoms with E-state index in [2.05, 4.69) is 29.6 Å². The third-order valence-corrected chi connectivity index (χ3v) is 7.48. The van der Waals surface area contributed by atoms with Crippen molar-refractivity contribution in [2.24, 2.45) is 11.8 Å². The standard InChI is InChI=1S/C27H30N2O5/c1-16-14-18(26(31)32)12-13-29(16)25(30)24(17-10-11-17)28-27(33)34-15-23-21-8-4-2-6-19(21)20-7-3-5-9-22(20)23/h2-9,16-18,23-24H,10-15H2,1H3,(H,28,33)(H,31,32). The number of nitrogens with zero attached hydrogens (tertiary/aromatic N) is 1. The first-order valence-corrected chi connectivity index (χ1v) is 12.1. The van der Waals surface area contributed by atoms with Gasteiger partial charge in [-0.2, -0.15) is 0 Å². The molecule has 1 saturated heterocycles. The molecule has 1 aliphatic heterocycles. The molecular formula is C27H30N2O5. The van der Waals surface area contributed by atoms with Gasteiger partial charge in [-0.25, -0.2) is 4.79 Å². The van der Waals surface area contributed by atoms with Crippen LogP contribution in [0.4, 0.5) is 4.79 Å². The van der Waals surface area contributed by atoms with Crippen LogP contribution in [0.1, 0.15) is 49.7 Å². The van der Waals surface area contributed by atoms with E-state index in [4.69, 9.17) is 4.74 Å². The van der Waals surface area contributed by atoms with Crippen molar-refractivity contribution in [1.29, 1.82) is 0 Å². The van der Waals surface area contributed by atoms with Crippen LogP contribution >= 0.6 is 0 Å². The number of hydrogen-bond acceptors (Lipinski definition) is 4. The number of nitrogens with one attached hydrogen (secondary N) is 1. The van der Waals surface area contributed by atoms with Crippen molar-refractivity contribution in [2.45, 2.75) is 50.6 Å². The summed E-state index contributed by atoms with van der Waals surface area (Å²) in [5.74, 6) is -1.30. The van der Waals surface area contributed by atoms with E-state index in [-0.39, 0.29) is 30.4 Å². The Morgan fingerprint density at radius 3 is 2.21 bits per heavy atom. The summed E-state index contributed by atoms with van der Waals surface area (Å²) < 4.78 is 5.66. The van der Waals surface area contributed by atoms with E-state index >= 15 is 0 Å². The predicted octanol–water partition coefficient (Wildman–Crippen LogP) is 4.02. The number of fused-ring (bicyclic) bond motifs is 3. The van der Waals surface area contributed by atoms with Gasteiger partial charge in [-0.3, -0.25) is 9.59 Å². The maximum atomic E-state index is 13.3. The second-order valence-electron chi connectivity index (χ2n) is 9.73. The summed E-state index contributed by atoms with van der Waals surface area (Å²) in [6, 6.07) is 15.5. The molecule has 178 valence electrons. The third kappa shape index (κ3) is 4.27. The Balaban J connectivity index is 1.23. The lowest BCUT2D eigenvalue weighted by atomic mass is 9.91. The van der Waals surface area contributed by atoms with Gasteiger partial charge in [0.25, 0.3) is 0 Å². The normalized spacial score (nSPS) is 22.4. The number of benzene rings is 2. The van der Waals surface area contributed by atoms with Crippen molar-refractivity contribution >= 4 is 18.0 Å². The molecule has 3 atom stereocenters. The molecule has 2 aliphatic carbocycles. The number of ether oxygens (including phenoxy) is 1. The van der Waals surface area contributed by atoms with E-state index in [1.807, 2.05) is 31.2 Å². The lowest BCUT2D eigenvalue weighted by Gasteiger charge is -2.38. The number of carboxylic acids is 1. The summed E-state index contributed by atoms with van der Waals surface area (Å²) in [5, 5.41) is 12.1. The van der Waals surface area contributed by atoms with Crippen LogP contribution < -0.4 is 5.32 Å². The van der Waals surface area contributed by atoms with Crippen molar-refractivity contribution in [2.75, 3.05) is 13.2 Å². The number of amides is 2. The van der Waals surface area contributed by atoms with Crippen LogP contribution in [-0.4, -0.2) is 53.2 Å². The zero-order valence-corrected chi connectivity index (χ0v) is 19.3. The van der Waals surface area contributed by atoms with Crippen molar-refractivity contribution in [3.05, 3.63) is 59.7 Å². The monoisotopic (exact) mass is 462 g/mol. The molecule has 3 aliphatic rings. The van der Waals surface area contributed by atoms with Crippen LogP contribution in [0.2, 0.25) is 0 Å². The van der Waals surface area contributed by atoms with E-state index < -0.39 is 24.0 Å². The van der Waals surface area contributed by atoms with Gasteiger partial charge in [0.15, 0.2) is 0 Å². The van der Waals surface area contributed by atoms with Crippen LogP contribution in [0.25, 0.3) is 11.1 Å². The molecule has 3 unspecified atom stereocenters. The molecule has 7 heteroatoms. The number of rotatable bonds is 6. The molecule has 7 nitrogen and oxygen atoms in total. The Morgan fingerprint density at radius 1 is 1.03 bits per heavy atom. The van der Waals surface area contributed by atoms with Crippen LogP contribution in [0.3, 0.4) is 0 Å². The minimum Gasteiger partial charge on any atom is -0.481 e. The summed E-state index contributed by atoms with van der Waals surface area (Å²) >= 11 is 0. The van der Waals surface area contributed by atoms with Crippen LogP contribution in [0.15, 0.2) is 48.5 Å². The maximum absolute atomic E-state index is 13.3. The number of alkyl carbamates (subject to hydrolysis) is 1. The van der Waals surface area contributed by atoms with Crippen molar-refractivity contribution in [3.8, 4) is 11.1 Å². The summed E-state index contributed by atoms with van der Waals surface area (Å²) in [7, 11) is 0. The molecule has 0 radical (unpaired) electrons. The Labute approximate surface area is 199 Å². The third-order valence-electron chi connectivity index (χ3n) is 7.48. The summed E-state index contributed by atoms with van der Waals surface area (Å²) in [6.45, 7) is 2.47. The van der Waals surface area contributed by atoms with Gasteiger partial charge in [0.2, 0.25) is 5.91 Å². The number of piperidine rings is 1. The van der Waals surface area contributed by atoms with E-state index in [1.54, 1.807) is 4.90 Å². The van der Waals surface area contributed by atoms with E-state index in [0.29, 0.717) is 19.4 Å². The summed E-state index contributed by atoms with van der Waals surface area (Å²) in [5.41, 5.74) is 4.61. The van der Waals surface area contributed by atoms with Crippen molar-refractivity contribution in [1.82, 2.24) is 10.2 Å². The SMILES string of the molecule is CC1CC(C(=O)O)CCN1C(=O)C(NC(=O)OCC1c2ccccc2-c2ccccc21)C1CC1. The van der Waals surface area contributed by atoms with Crippen LogP contribution in [0.5, 0.6) is 0 Å². The lowest BCUT2D eigenvalue weighted by molar-refractivity contribution is -0.148. The molecule has 2 aromatic carbocycles. The molecule has 2 amide bonds. The van der Waals surface area contributed by atoms with Gasteiger partial charge < -0.3 is 20.1 Å². The fourth-order valence-electron chi connectivity index (χ4n) is 5.48. The minimum absolute atomic E-state index is 0.0386. The smallest absolute Gasteiger partial charge is 0.407 e. The molecule has 2 N–H and O–H groups in total. The van der Waals surface area contributed by atoms with Crippen molar-refractivity contribution in [3.63, 3.8) is 0 Å². The van der Waals surface area contributed by atoms with Gasteiger partial charge in [-0.05, 0) is 60.8 Å². The van der Waals surface area contributed by atoms with Crippen molar-refractivity contribution < 1.29 is 24.2 Å². The van der Waals surface area contributed by atoms with E-state index in [0.717, 1.165) is 35.1 Å². The summed E-state index contributed by atoms with van der Waals surface area (Å²) in [4.78, 5) is 39.2. The van der Waals surface area contributed by atoms with Crippen LogP contribution in [0, 0.1) is 11.8 Å². The highest BCUT2D eigenvalue weighted by molar-refractivity contribution is 5.87. The first-order valence-electron chi connectivity index (χ1n) is 12.1. The minimum atomic E-state index is -0.811. The first-order chi connectivity index (χ1) is 16.4. The molecule has 0 aromatic heterocycles. The number of aliphatic carboxylic acids is 1. The molecule has 34 heavy (non-hydrogen) atoms. The molecule has 0 bridgehead atoms. The molecule has 0 spiro atoms. The van der Waals surface area contributed by atoms with Gasteiger partial charge in [-0.15, -0.1) is 0 Å². The largest absolute Gasteiger partial charge is 0.481 e. The highest BCUT2D eigenvalue weighted by Crippen LogP contribution is 2.44. The number of carboxylic acid groups (broad SMARTS) is 1. The van der Waals surface area contributed by atoms with E-state index in [1.165, 1.54) is 0 Å². The quantitative estimate of drug-likeness (QED) is 0.676. The average molecular weight is 463 g/mol. The van der Waals surface area contributed by atoms with Gasteiger partial charge in [0.05, 0.1) is 5.92 Å². The first kappa shape index (κ1) is 22.4. The number of carbonyl (C=O) groups is 3. The fourth-order valence-corrected chi connectivity index (χ4v) is 5.48. The second kappa shape index (κ2) is 9.12. The highest BCUT2D eigenvalue weighted by Gasteiger charge is 2.42. The summed E-state index contributed by atoms with van der Waals surface area (Å²) in [6.07, 6.45) is 2.07. The molecule has 1 heterocycles. The lowest BCUT2D eigenvalue weighted by Crippen LogP contribution is -2.55. The number of hydrogen-bond donors (Lipinski definition) is 2. The molecule has 2 fully saturated rings. The average Bonchev–Trinajstić information content (AvgIpc) is 3.63. The number of carbonyl (C=O) groups excluding carboxylic acids is 2. The van der Waals surface area contributed by atoms with Gasteiger partial charge in [0, 0.05) is 18.5 Å². The zero-order chi connectivity index (χ0) is 23.8. The molecule has 2 aromatic rings. The van der Waals surface area contributed by atoms with Gasteiger partial charge in [0.1, 0.15) is 12.6 Å². The van der Waals surface area contributed by atoms with Gasteiger partial charge >= 0.3 is 12.1 Å².